The molecule has 164 valence electrons. The number of hydrogen-bond donors (Lipinski definition) is 2. The molecule has 11 heteroatoms. The van der Waals surface area contributed by atoms with Gasteiger partial charge in [-0.2, -0.15) is 11.3 Å². The number of aromatic nitrogens is 4. The highest BCUT2D eigenvalue weighted by molar-refractivity contribution is 7.08. The van der Waals surface area contributed by atoms with Crippen molar-refractivity contribution in [3.05, 3.63) is 85.5 Å². The van der Waals surface area contributed by atoms with E-state index in [1.165, 1.54) is 22.2 Å². The third-order valence-corrected chi connectivity index (χ3v) is 5.59. The Bertz CT molecular complexity index is 1390. The van der Waals surface area contributed by atoms with Gasteiger partial charge in [0.25, 0.3) is 17.4 Å². The van der Waals surface area contributed by atoms with Gasteiger partial charge >= 0.3 is 5.69 Å². The zero-order valence-corrected chi connectivity index (χ0v) is 18.0. The molecule has 0 fully saturated rings. The summed E-state index contributed by atoms with van der Waals surface area (Å²) in [5, 5.41) is 3.37. The van der Waals surface area contributed by atoms with Crippen molar-refractivity contribution in [1.82, 2.24) is 29.5 Å². The standard InChI is InChI=1S/C21H20N6O4S/c1-2-25-13-22-18-17(25)20(30)27(21(31)26(18)10-14-6-4-3-5-7-14)11-16(28)23-24-19(29)15-8-9-32-12-15/h3-9,12-13H,2,10-11H2,1H3,(H,23,28)(H,24,29). The molecule has 1 aromatic carbocycles. The van der Waals surface area contributed by atoms with Crippen molar-refractivity contribution in [3.8, 4) is 0 Å². The van der Waals surface area contributed by atoms with E-state index in [0.717, 1.165) is 10.1 Å². The van der Waals surface area contributed by atoms with Crippen LogP contribution in [0.2, 0.25) is 0 Å². The summed E-state index contributed by atoms with van der Waals surface area (Å²) in [5.74, 6) is -1.20. The van der Waals surface area contributed by atoms with Gasteiger partial charge in [-0.15, -0.1) is 0 Å². The summed E-state index contributed by atoms with van der Waals surface area (Å²) in [6, 6.07) is 10.9. The molecule has 4 rings (SSSR count). The Morgan fingerprint density at radius 2 is 1.84 bits per heavy atom. The fourth-order valence-corrected chi connectivity index (χ4v) is 3.94. The van der Waals surface area contributed by atoms with E-state index in [4.69, 9.17) is 0 Å². The maximum absolute atomic E-state index is 13.2. The molecular formula is C21H20N6O4S. The molecule has 0 saturated carbocycles. The lowest BCUT2D eigenvalue weighted by atomic mass is 10.2. The number of amides is 2. The summed E-state index contributed by atoms with van der Waals surface area (Å²) in [4.78, 5) is 55.0. The van der Waals surface area contributed by atoms with E-state index >= 15 is 0 Å². The van der Waals surface area contributed by atoms with Crippen molar-refractivity contribution >= 4 is 34.3 Å². The zero-order chi connectivity index (χ0) is 22.7. The Morgan fingerprint density at radius 1 is 1.06 bits per heavy atom. The minimum absolute atomic E-state index is 0.188. The second-order valence-electron chi connectivity index (χ2n) is 6.96. The Morgan fingerprint density at radius 3 is 2.53 bits per heavy atom. The number of hydrazine groups is 1. The second-order valence-corrected chi connectivity index (χ2v) is 7.74. The summed E-state index contributed by atoms with van der Waals surface area (Å²) >= 11 is 1.35. The zero-order valence-electron chi connectivity index (χ0n) is 17.1. The van der Waals surface area contributed by atoms with Gasteiger partial charge in [-0.05, 0) is 23.9 Å². The van der Waals surface area contributed by atoms with E-state index in [0.29, 0.717) is 12.1 Å². The van der Waals surface area contributed by atoms with Crippen LogP contribution in [0.5, 0.6) is 0 Å². The van der Waals surface area contributed by atoms with Crippen LogP contribution in [-0.4, -0.2) is 30.5 Å². The number of benzene rings is 1. The molecule has 32 heavy (non-hydrogen) atoms. The molecule has 0 bridgehead atoms. The van der Waals surface area contributed by atoms with Gasteiger partial charge < -0.3 is 4.57 Å². The first kappa shape index (κ1) is 21.2. The summed E-state index contributed by atoms with van der Waals surface area (Å²) < 4.78 is 3.85. The first-order valence-electron chi connectivity index (χ1n) is 9.83. The Balaban J connectivity index is 1.67. The van der Waals surface area contributed by atoms with E-state index in [1.54, 1.807) is 21.4 Å². The molecule has 0 saturated heterocycles. The van der Waals surface area contributed by atoms with Crippen LogP contribution in [0.15, 0.2) is 63.1 Å². The fourth-order valence-electron chi connectivity index (χ4n) is 3.30. The number of carbonyl (C=O) groups excluding carboxylic acids is 2. The lowest BCUT2D eigenvalue weighted by Crippen LogP contribution is -2.48. The number of rotatable bonds is 6. The molecule has 0 unspecified atom stereocenters. The lowest BCUT2D eigenvalue weighted by Gasteiger charge is -2.13. The van der Waals surface area contributed by atoms with Crippen LogP contribution in [-0.2, 0) is 24.4 Å². The molecule has 3 heterocycles. The molecule has 2 N–H and O–H groups in total. The summed E-state index contributed by atoms with van der Waals surface area (Å²) in [7, 11) is 0. The van der Waals surface area contributed by atoms with Crippen molar-refractivity contribution in [3.63, 3.8) is 0 Å². The molecule has 10 nitrogen and oxygen atoms in total. The number of thiophene rings is 1. The highest BCUT2D eigenvalue weighted by Crippen LogP contribution is 2.09. The monoisotopic (exact) mass is 452 g/mol. The van der Waals surface area contributed by atoms with E-state index in [1.807, 2.05) is 37.3 Å². The number of imidazole rings is 1. The molecule has 0 atom stereocenters. The first-order chi connectivity index (χ1) is 15.5. The van der Waals surface area contributed by atoms with E-state index < -0.39 is 29.6 Å². The topological polar surface area (TPSA) is 120 Å². The van der Waals surface area contributed by atoms with Gasteiger partial charge in [0.2, 0.25) is 0 Å². The van der Waals surface area contributed by atoms with Gasteiger partial charge in [-0.1, -0.05) is 30.3 Å². The maximum Gasteiger partial charge on any atom is 0.333 e. The van der Waals surface area contributed by atoms with Crippen LogP contribution >= 0.6 is 11.3 Å². The van der Waals surface area contributed by atoms with Gasteiger partial charge in [-0.25, -0.2) is 14.3 Å². The van der Waals surface area contributed by atoms with Crippen molar-refractivity contribution in [1.29, 1.82) is 0 Å². The van der Waals surface area contributed by atoms with Gasteiger partial charge in [0.1, 0.15) is 6.54 Å². The summed E-state index contributed by atoms with van der Waals surface area (Å²) in [6.45, 7) is 1.96. The minimum atomic E-state index is -0.707. The predicted octanol–water partition coefficient (Wildman–Crippen LogP) is 0.951. The van der Waals surface area contributed by atoms with Crippen LogP contribution in [0.1, 0.15) is 22.8 Å². The predicted molar refractivity (Wildman–Crippen MR) is 119 cm³/mol. The summed E-state index contributed by atoms with van der Waals surface area (Å²) in [6.07, 6.45) is 1.50. The minimum Gasteiger partial charge on any atom is -0.325 e. The summed E-state index contributed by atoms with van der Waals surface area (Å²) in [5.41, 5.74) is 4.98. The molecule has 0 aliphatic rings. The third kappa shape index (κ3) is 4.10. The number of carbonyl (C=O) groups is 2. The molecule has 0 radical (unpaired) electrons. The van der Waals surface area contributed by atoms with Crippen molar-refractivity contribution in [2.75, 3.05) is 0 Å². The van der Waals surface area contributed by atoms with Gasteiger partial charge in [0, 0.05) is 11.9 Å². The fraction of sp³-hybridized carbons (Fsp3) is 0.190. The Kier molecular flexibility index (Phi) is 5.99. The normalized spacial score (nSPS) is 10.9. The molecule has 2 amide bonds. The van der Waals surface area contributed by atoms with Crippen molar-refractivity contribution in [2.45, 2.75) is 26.6 Å². The van der Waals surface area contributed by atoms with Crippen LogP contribution in [0.25, 0.3) is 11.2 Å². The third-order valence-electron chi connectivity index (χ3n) is 4.91. The van der Waals surface area contributed by atoms with Crippen LogP contribution in [0.3, 0.4) is 0 Å². The number of nitrogens with zero attached hydrogens (tertiary/aromatic N) is 4. The van der Waals surface area contributed by atoms with Crippen LogP contribution in [0.4, 0.5) is 0 Å². The molecule has 0 aliphatic carbocycles. The van der Waals surface area contributed by atoms with Crippen molar-refractivity contribution < 1.29 is 9.59 Å². The lowest BCUT2D eigenvalue weighted by molar-refractivity contribution is -0.122. The number of fused-ring (bicyclic) bond motifs is 1. The molecule has 0 aliphatic heterocycles. The smallest absolute Gasteiger partial charge is 0.325 e. The highest BCUT2D eigenvalue weighted by atomic mass is 32.1. The number of hydrogen-bond acceptors (Lipinski definition) is 6. The van der Waals surface area contributed by atoms with Gasteiger partial charge in [0.05, 0.1) is 18.4 Å². The average Bonchev–Trinajstić information content (AvgIpc) is 3.49. The largest absolute Gasteiger partial charge is 0.333 e. The Hall–Kier alpha value is -3.99. The van der Waals surface area contributed by atoms with Gasteiger partial charge in [-0.3, -0.25) is 29.8 Å². The van der Waals surface area contributed by atoms with E-state index in [9.17, 15) is 19.2 Å². The maximum atomic E-state index is 13.2. The second kappa shape index (κ2) is 9.02. The highest BCUT2D eigenvalue weighted by Gasteiger charge is 2.20. The molecule has 4 aromatic rings. The van der Waals surface area contributed by atoms with Crippen LogP contribution < -0.4 is 22.1 Å². The molecular weight excluding hydrogens is 432 g/mol. The quantitative estimate of drug-likeness (QED) is 0.422. The van der Waals surface area contributed by atoms with Crippen molar-refractivity contribution in [2.24, 2.45) is 0 Å². The SMILES string of the molecule is CCn1cnc2c1c(=O)n(CC(=O)NNC(=O)c1ccsc1)c(=O)n2Cc1ccccc1. The van der Waals surface area contributed by atoms with E-state index in [2.05, 4.69) is 15.8 Å². The molecule has 0 spiro atoms. The average molecular weight is 452 g/mol. The van der Waals surface area contributed by atoms with Gasteiger partial charge in [0.15, 0.2) is 11.2 Å². The first-order valence-corrected chi connectivity index (χ1v) is 10.8. The van der Waals surface area contributed by atoms with Crippen LogP contribution in [0, 0.1) is 0 Å². The molecule has 3 aromatic heterocycles. The number of nitrogens with one attached hydrogen (secondary N) is 2. The Labute approximate surface area is 185 Å². The van der Waals surface area contributed by atoms with E-state index in [-0.39, 0.29) is 17.7 Å². The number of aryl methyl sites for hydroxylation is 1.